The van der Waals surface area contributed by atoms with Crippen molar-refractivity contribution in [2.45, 2.75) is 38.6 Å². The van der Waals surface area contributed by atoms with Gasteiger partial charge in [0, 0.05) is 0 Å². The number of alkyl halides is 1. The van der Waals surface area contributed by atoms with Gasteiger partial charge in [-0.3, -0.25) is 4.90 Å². The van der Waals surface area contributed by atoms with Crippen molar-refractivity contribution in [3.8, 4) is 0 Å². The molecule has 3 heteroatoms. The van der Waals surface area contributed by atoms with Crippen LogP contribution in [0, 0.1) is 0 Å². The van der Waals surface area contributed by atoms with E-state index in [1.807, 2.05) is 0 Å². The summed E-state index contributed by atoms with van der Waals surface area (Å²) in [4.78, 5) is 2.98. The number of halogens is 2. The van der Waals surface area contributed by atoms with Gasteiger partial charge in [-0.05, 0) is 32.9 Å². The van der Waals surface area contributed by atoms with Crippen LogP contribution in [-0.2, 0) is 0 Å². The topological polar surface area (TPSA) is 3.24 Å². The van der Waals surface area contributed by atoms with Crippen molar-refractivity contribution in [2.24, 2.45) is 0 Å². The average molecular weight is 289 g/mol. The molecule has 0 fully saturated rings. The lowest BCUT2D eigenvalue weighted by atomic mass is 10.3. The Morgan fingerprint density at radius 2 is 1.55 bits per heavy atom. The first-order valence-corrected chi connectivity index (χ1v) is 5.02. The lowest BCUT2D eigenvalue weighted by Crippen LogP contribution is -2.30. The monoisotopic (exact) mass is 287 g/mol. The molecule has 0 N–H and O–H groups in total. The first kappa shape index (κ1) is 14.4. The predicted octanol–water partition coefficient (Wildman–Crippen LogP) is 3.43. The molecule has 0 spiro atoms. The molecule has 0 saturated heterocycles. The fourth-order valence-electron chi connectivity index (χ4n) is 1.04. The lowest BCUT2D eigenvalue weighted by Gasteiger charge is -2.23. The Morgan fingerprint density at radius 3 is 1.73 bits per heavy atom. The van der Waals surface area contributed by atoms with Gasteiger partial charge >= 0.3 is 0 Å². The van der Waals surface area contributed by atoms with Crippen molar-refractivity contribution in [3.05, 3.63) is 0 Å². The Labute approximate surface area is 89.4 Å². The van der Waals surface area contributed by atoms with E-state index >= 15 is 0 Å². The van der Waals surface area contributed by atoms with Gasteiger partial charge < -0.3 is 0 Å². The maximum absolute atomic E-state index is 3.57. The van der Waals surface area contributed by atoms with Crippen molar-refractivity contribution >= 4 is 32.9 Å². The molecule has 0 radical (unpaired) electrons. The zero-order chi connectivity index (χ0) is 7.98. The van der Waals surface area contributed by atoms with E-state index in [0.717, 1.165) is 0 Å². The molecule has 0 aliphatic rings. The third kappa shape index (κ3) is 7.29. The Balaban J connectivity index is 0. The highest BCUT2D eigenvalue weighted by Crippen LogP contribution is 2.07. The van der Waals surface area contributed by atoms with Crippen LogP contribution >= 0.6 is 32.9 Å². The molecule has 0 aromatic rings. The molecule has 1 unspecified atom stereocenters. The van der Waals surface area contributed by atoms with Crippen LogP contribution in [0.4, 0.5) is 0 Å². The molecule has 0 rings (SSSR count). The molecule has 1 nitrogen and oxygen atoms in total. The van der Waals surface area contributed by atoms with E-state index in [-0.39, 0.29) is 17.0 Å². The number of rotatable bonds is 5. The van der Waals surface area contributed by atoms with Gasteiger partial charge in [0.2, 0.25) is 0 Å². The maximum atomic E-state index is 3.57. The van der Waals surface area contributed by atoms with Crippen molar-refractivity contribution < 1.29 is 0 Å². The molecule has 70 valence electrons. The molecule has 11 heavy (non-hydrogen) atoms. The van der Waals surface area contributed by atoms with Gasteiger partial charge in [0.1, 0.15) is 0 Å². The van der Waals surface area contributed by atoms with Crippen molar-refractivity contribution in [3.63, 3.8) is 0 Å². The van der Waals surface area contributed by atoms with Crippen molar-refractivity contribution in [1.29, 1.82) is 0 Å². The van der Waals surface area contributed by atoms with Crippen LogP contribution in [0.3, 0.4) is 0 Å². The Kier molecular flexibility index (Phi) is 11.8. The molecule has 0 aromatic carbocycles. The largest absolute Gasteiger partial charge is 0.291 e. The van der Waals surface area contributed by atoms with E-state index in [1.54, 1.807) is 0 Å². The van der Waals surface area contributed by atoms with E-state index in [2.05, 4.69) is 41.6 Å². The molecular weight excluding hydrogens is 270 g/mol. The van der Waals surface area contributed by atoms with Gasteiger partial charge in [0.15, 0.2) is 0 Å². The molecule has 0 bridgehead atoms. The van der Waals surface area contributed by atoms with E-state index in [9.17, 15) is 0 Å². The molecule has 0 amide bonds. The highest BCUT2D eigenvalue weighted by molar-refractivity contribution is 9.09. The standard InChI is InChI=1S/C8H18BrN.BrH/c1-4-6-10(7-5-2)8(3)9;/h8H,4-7H2,1-3H3;1H. The molecular formula is C8H19Br2N. The summed E-state index contributed by atoms with van der Waals surface area (Å²) in [5.41, 5.74) is 0. The summed E-state index contributed by atoms with van der Waals surface area (Å²) in [6.07, 6.45) is 2.49. The number of nitrogens with zero attached hydrogens (tertiary/aromatic N) is 1. The summed E-state index contributed by atoms with van der Waals surface area (Å²) in [5, 5.41) is 0. The van der Waals surface area contributed by atoms with Crippen LogP contribution in [0.1, 0.15) is 33.6 Å². The molecule has 0 aromatic heterocycles. The summed E-state index contributed by atoms with van der Waals surface area (Å²) in [6.45, 7) is 9.04. The minimum Gasteiger partial charge on any atom is -0.291 e. The van der Waals surface area contributed by atoms with Crippen LogP contribution in [0.2, 0.25) is 0 Å². The van der Waals surface area contributed by atoms with E-state index in [0.29, 0.717) is 4.95 Å². The molecule has 0 saturated carbocycles. The number of hydrogen-bond acceptors (Lipinski definition) is 1. The van der Waals surface area contributed by atoms with E-state index in [1.165, 1.54) is 25.9 Å². The third-order valence-corrected chi connectivity index (χ3v) is 2.10. The first-order valence-electron chi connectivity index (χ1n) is 4.10. The summed E-state index contributed by atoms with van der Waals surface area (Å²) in [6, 6.07) is 0. The quantitative estimate of drug-likeness (QED) is 0.553. The van der Waals surface area contributed by atoms with Crippen LogP contribution in [0.25, 0.3) is 0 Å². The number of hydrogen-bond donors (Lipinski definition) is 0. The summed E-state index contributed by atoms with van der Waals surface area (Å²) in [7, 11) is 0. The highest BCUT2D eigenvalue weighted by Gasteiger charge is 2.06. The molecule has 0 aliphatic carbocycles. The second kappa shape index (κ2) is 9.01. The van der Waals surface area contributed by atoms with Gasteiger partial charge in [0.25, 0.3) is 0 Å². The van der Waals surface area contributed by atoms with Crippen LogP contribution in [-0.4, -0.2) is 22.9 Å². The van der Waals surface area contributed by atoms with Gasteiger partial charge in [-0.15, -0.1) is 17.0 Å². The fourth-order valence-corrected chi connectivity index (χ4v) is 1.45. The smallest absolute Gasteiger partial charge is 0.0626 e. The van der Waals surface area contributed by atoms with Crippen molar-refractivity contribution in [2.75, 3.05) is 13.1 Å². The minimum absolute atomic E-state index is 0. The zero-order valence-corrected chi connectivity index (χ0v) is 10.9. The SMILES string of the molecule is Br.CCCN(CCC)C(C)Br. The predicted molar refractivity (Wildman–Crippen MR) is 60.9 cm³/mol. The second-order valence-electron chi connectivity index (χ2n) is 2.61. The summed E-state index contributed by atoms with van der Waals surface area (Å²) in [5.74, 6) is 0. The fraction of sp³-hybridized carbons (Fsp3) is 1.00. The van der Waals surface area contributed by atoms with Crippen LogP contribution in [0.15, 0.2) is 0 Å². The Bertz CT molecular complexity index is 70.5. The normalized spacial score (nSPS) is 12.8. The summed E-state index contributed by atoms with van der Waals surface area (Å²) < 4.78 is 0. The Morgan fingerprint density at radius 1 is 1.18 bits per heavy atom. The van der Waals surface area contributed by atoms with E-state index in [4.69, 9.17) is 0 Å². The average Bonchev–Trinajstić information content (AvgIpc) is 1.87. The summed E-state index contributed by atoms with van der Waals surface area (Å²) >= 11 is 3.57. The second-order valence-corrected chi connectivity index (χ2v) is 3.94. The van der Waals surface area contributed by atoms with Gasteiger partial charge in [-0.1, -0.05) is 29.8 Å². The van der Waals surface area contributed by atoms with Crippen molar-refractivity contribution in [1.82, 2.24) is 4.90 Å². The third-order valence-electron chi connectivity index (χ3n) is 1.52. The van der Waals surface area contributed by atoms with Crippen LogP contribution in [0.5, 0.6) is 0 Å². The lowest BCUT2D eigenvalue weighted by molar-refractivity contribution is 0.272. The van der Waals surface area contributed by atoms with Gasteiger partial charge in [-0.25, -0.2) is 0 Å². The van der Waals surface area contributed by atoms with Gasteiger partial charge in [-0.2, -0.15) is 0 Å². The Hall–Kier alpha value is 0.920. The zero-order valence-electron chi connectivity index (χ0n) is 7.64. The van der Waals surface area contributed by atoms with Gasteiger partial charge in [0.05, 0.1) is 4.95 Å². The van der Waals surface area contributed by atoms with E-state index < -0.39 is 0 Å². The highest BCUT2D eigenvalue weighted by atomic mass is 79.9. The molecule has 1 atom stereocenters. The molecule has 0 heterocycles. The minimum atomic E-state index is 0. The maximum Gasteiger partial charge on any atom is 0.0626 e. The first-order chi connectivity index (χ1) is 4.72. The van der Waals surface area contributed by atoms with Crippen LogP contribution < -0.4 is 0 Å². The molecule has 0 aliphatic heterocycles.